The van der Waals surface area contributed by atoms with E-state index >= 15 is 0 Å². The topological polar surface area (TPSA) is 47.8 Å². The van der Waals surface area contributed by atoms with Gasteiger partial charge in [-0.1, -0.05) is 65.4 Å². The van der Waals surface area contributed by atoms with E-state index in [4.69, 9.17) is 0 Å². The Hall–Kier alpha value is -2.40. The Morgan fingerprint density at radius 2 is 1.88 bits per heavy atom. The number of thioether (sulfide) groups is 1. The maximum atomic E-state index is 12.5. The lowest BCUT2D eigenvalue weighted by atomic mass is 10.1. The van der Waals surface area contributed by atoms with E-state index in [-0.39, 0.29) is 11.2 Å². The van der Waals surface area contributed by atoms with Crippen molar-refractivity contribution in [2.75, 3.05) is 0 Å². The molecule has 0 fully saturated rings. The highest BCUT2D eigenvalue weighted by Gasteiger charge is 2.30. The monoisotopic (exact) mass is 335 g/mol. The molecule has 1 aliphatic rings. The highest BCUT2D eigenvalue weighted by Crippen LogP contribution is 2.41. The lowest BCUT2D eigenvalue weighted by molar-refractivity contribution is 0.0868. The second-order valence-electron chi connectivity index (χ2n) is 6.11. The molecule has 1 aromatic heterocycles. The lowest BCUT2D eigenvalue weighted by Gasteiger charge is -2.20. The van der Waals surface area contributed by atoms with Crippen LogP contribution < -0.4 is 0 Å². The van der Waals surface area contributed by atoms with Crippen LogP contribution >= 0.6 is 11.8 Å². The van der Waals surface area contributed by atoms with Crippen molar-refractivity contribution in [3.05, 3.63) is 65.2 Å². The molecule has 0 saturated carbocycles. The van der Waals surface area contributed by atoms with Crippen LogP contribution in [0, 0.1) is 13.8 Å². The Morgan fingerprint density at radius 3 is 2.62 bits per heavy atom. The lowest BCUT2D eigenvalue weighted by Crippen LogP contribution is -2.20. The van der Waals surface area contributed by atoms with Gasteiger partial charge in [-0.15, -0.1) is 5.10 Å². The fourth-order valence-electron chi connectivity index (χ4n) is 2.82. The van der Waals surface area contributed by atoms with Gasteiger partial charge in [0.05, 0.1) is 0 Å². The second kappa shape index (κ2) is 5.91. The number of hydrogen-bond acceptors (Lipinski definition) is 4. The number of nitrogens with zero attached hydrogens (tertiary/aromatic N) is 3. The zero-order valence-electron chi connectivity index (χ0n) is 13.6. The van der Waals surface area contributed by atoms with Gasteiger partial charge in [0.1, 0.15) is 0 Å². The Kier molecular flexibility index (Phi) is 3.73. The van der Waals surface area contributed by atoms with Crippen LogP contribution in [0.15, 0.2) is 53.7 Å². The van der Waals surface area contributed by atoms with Gasteiger partial charge in [-0.05, 0) is 25.5 Å². The van der Waals surface area contributed by atoms with Gasteiger partial charge in [0.2, 0.25) is 0 Å². The average Bonchev–Trinajstić information content (AvgIpc) is 3.00. The predicted molar refractivity (Wildman–Crippen MR) is 95.2 cm³/mol. The summed E-state index contributed by atoms with van der Waals surface area (Å²) in [4.78, 5) is 17.1. The highest BCUT2D eigenvalue weighted by atomic mass is 32.2. The molecule has 0 unspecified atom stereocenters. The zero-order chi connectivity index (χ0) is 16.7. The molecule has 1 atom stereocenters. The van der Waals surface area contributed by atoms with Crippen LogP contribution in [0.5, 0.6) is 0 Å². The number of rotatable bonds is 2. The van der Waals surface area contributed by atoms with E-state index in [0.29, 0.717) is 17.4 Å². The summed E-state index contributed by atoms with van der Waals surface area (Å²) in [5.74, 6) is 0.611. The number of benzene rings is 2. The molecule has 2 heterocycles. The smallest absolute Gasteiger partial charge is 0.250 e. The van der Waals surface area contributed by atoms with E-state index in [1.807, 2.05) is 31.2 Å². The molecule has 0 aliphatic carbocycles. The van der Waals surface area contributed by atoms with Crippen molar-refractivity contribution in [2.24, 2.45) is 0 Å². The minimum absolute atomic E-state index is 0.000674. The first-order valence-electron chi connectivity index (χ1n) is 7.91. The molecule has 5 heteroatoms. The number of carbonyl (C=O) groups is 1. The van der Waals surface area contributed by atoms with Crippen LogP contribution in [-0.2, 0) is 0 Å². The Bertz CT molecular complexity index is 915. The van der Waals surface area contributed by atoms with Crippen LogP contribution in [0.3, 0.4) is 0 Å². The molecular formula is C19H17N3OS. The molecule has 4 nitrogen and oxygen atoms in total. The highest BCUT2D eigenvalue weighted by molar-refractivity contribution is 7.99. The first kappa shape index (κ1) is 15.1. The molecule has 0 bridgehead atoms. The van der Waals surface area contributed by atoms with Crippen molar-refractivity contribution in [2.45, 2.75) is 30.7 Å². The standard InChI is InChI=1S/C19H17N3OS/c1-12-6-8-14(9-7-12)16-11-17(23)22-19(24-16)20-18(21-22)15-5-3-4-13(2)10-15/h3-10,16H,11H2,1-2H3/t16-/m1/s1. The molecule has 120 valence electrons. The van der Waals surface area contributed by atoms with Crippen molar-refractivity contribution in [3.63, 3.8) is 0 Å². The van der Waals surface area contributed by atoms with Crippen molar-refractivity contribution < 1.29 is 4.79 Å². The first-order valence-corrected chi connectivity index (χ1v) is 8.78. The molecule has 1 aliphatic heterocycles. The van der Waals surface area contributed by atoms with Crippen molar-refractivity contribution in [1.29, 1.82) is 0 Å². The molecule has 0 amide bonds. The van der Waals surface area contributed by atoms with Gasteiger partial charge in [-0.2, -0.15) is 4.68 Å². The van der Waals surface area contributed by atoms with Gasteiger partial charge in [0.15, 0.2) is 11.0 Å². The van der Waals surface area contributed by atoms with Crippen LogP contribution in [0.4, 0.5) is 0 Å². The SMILES string of the molecule is Cc1ccc([C@H]2CC(=O)n3nc(-c4cccc(C)c4)nc3S2)cc1. The van der Waals surface area contributed by atoms with Crippen LogP contribution in [0.1, 0.15) is 33.2 Å². The van der Waals surface area contributed by atoms with E-state index in [1.54, 1.807) is 11.8 Å². The number of aromatic nitrogens is 3. The molecule has 2 aromatic carbocycles. The normalized spacial score (nSPS) is 16.9. The third-order valence-corrected chi connectivity index (χ3v) is 5.35. The Balaban J connectivity index is 1.68. The van der Waals surface area contributed by atoms with Gasteiger partial charge in [-0.3, -0.25) is 4.79 Å². The number of fused-ring (bicyclic) bond motifs is 1. The summed E-state index contributed by atoms with van der Waals surface area (Å²) < 4.78 is 1.45. The summed E-state index contributed by atoms with van der Waals surface area (Å²) in [6.45, 7) is 4.10. The zero-order valence-corrected chi connectivity index (χ0v) is 14.4. The van der Waals surface area contributed by atoms with Gasteiger partial charge in [0, 0.05) is 17.2 Å². The van der Waals surface area contributed by atoms with E-state index in [2.05, 4.69) is 41.3 Å². The molecule has 0 radical (unpaired) electrons. The molecular weight excluding hydrogens is 318 g/mol. The van der Waals surface area contributed by atoms with Crippen molar-refractivity contribution >= 4 is 17.7 Å². The minimum Gasteiger partial charge on any atom is -0.272 e. The summed E-state index contributed by atoms with van der Waals surface area (Å²) in [5.41, 5.74) is 4.47. The summed E-state index contributed by atoms with van der Waals surface area (Å²) in [5, 5.41) is 5.19. The van der Waals surface area contributed by atoms with E-state index in [9.17, 15) is 4.79 Å². The molecule has 0 spiro atoms. The maximum absolute atomic E-state index is 12.5. The fourth-order valence-corrected chi connectivity index (χ4v) is 3.98. The van der Waals surface area contributed by atoms with E-state index < -0.39 is 0 Å². The van der Waals surface area contributed by atoms with E-state index in [0.717, 1.165) is 16.7 Å². The third kappa shape index (κ3) is 2.76. The molecule has 3 aromatic rings. The van der Waals surface area contributed by atoms with Gasteiger partial charge >= 0.3 is 0 Å². The van der Waals surface area contributed by atoms with Crippen molar-refractivity contribution in [1.82, 2.24) is 14.8 Å². The minimum atomic E-state index is 0.000674. The summed E-state index contributed by atoms with van der Waals surface area (Å²) in [7, 11) is 0. The quantitative estimate of drug-likeness (QED) is 0.695. The average molecular weight is 335 g/mol. The van der Waals surface area contributed by atoms with Gasteiger partial charge in [0.25, 0.3) is 5.91 Å². The van der Waals surface area contributed by atoms with Gasteiger partial charge < -0.3 is 0 Å². The van der Waals surface area contributed by atoms with Crippen molar-refractivity contribution in [3.8, 4) is 11.4 Å². The predicted octanol–water partition coefficient (Wildman–Crippen LogP) is 4.44. The maximum Gasteiger partial charge on any atom is 0.250 e. The van der Waals surface area contributed by atoms with E-state index in [1.165, 1.54) is 10.2 Å². The Labute approximate surface area is 144 Å². The molecule has 24 heavy (non-hydrogen) atoms. The molecule has 0 saturated heterocycles. The second-order valence-corrected chi connectivity index (χ2v) is 7.28. The molecule has 0 N–H and O–H groups in total. The summed E-state index contributed by atoms with van der Waals surface area (Å²) >= 11 is 1.61. The molecule has 4 rings (SSSR count). The van der Waals surface area contributed by atoms with Crippen LogP contribution in [-0.4, -0.2) is 20.7 Å². The first-order chi connectivity index (χ1) is 11.6. The number of carbonyl (C=O) groups excluding carboxylic acids is 1. The Morgan fingerprint density at radius 1 is 1.08 bits per heavy atom. The van der Waals surface area contributed by atoms with Crippen LogP contribution in [0.2, 0.25) is 0 Å². The summed E-state index contributed by atoms with van der Waals surface area (Å²) in [6, 6.07) is 16.4. The summed E-state index contributed by atoms with van der Waals surface area (Å²) in [6.07, 6.45) is 0.442. The fraction of sp³-hybridized carbons (Fsp3) is 0.211. The number of aryl methyl sites for hydroxylation is 2. The number of hydrogen-bond donors (Lipinski definition) is 0. The van der Waals surface area contributed by atoms with Gasteiger partial charge in [-0.25, -0.2) is 4.98 Å². The van der Waals surface area contributed by atoms with Crippen LogP contribution in [0.25, 0.3) is 11.4 Å². The largest absolute Gasteiger partial charge is 0.272 e. The third-order valence-electron chi connectivity index (χ3n) is 4.15.